The van der Waals surface area contributed by atoms with Crippen molar-refractivity contribution in [3.8, 4) is 0 Å². The number of hydrogen-bond donors (Lipinski definition) is 0. The van der Waals surface area contributed by atoms with Crippen LogP contribution in [0.3, 0.4) is 0 Å². The fourth-order valence-corrected chi connectivity index (χ4v) is 1.85. The van der Waals surface area contributed by atoms with Gasteiger partial charge < -0.3 is 0 Å². The molecule has 2 aromatic heterocycles. The lowest BCUT2D eigenvalue weighted by atomic mass is 10.1. The van der Waals surface area contributed by atoms with Crippen LogP contribution in [-0.2, 0) is 6.42 Å². The molecule has 0 amide bonds. The molecule has 0 aliphatic rings. The molecule has 0 saturated carbocycles. The highest BCUT2D eigenvalue weighted by Gasteiger charge is 1.99. The summed E-state index contributed by atoms with van der Waals surface area (Å²) in [4.78, 5) is 8.73. The summed E-state index contributed by atoms with van der Waals surface area (Å²) in [6, 6.07) is 16.3. The summed E-state index contributed by atoms with van der Waals surface area (Å²) in [6.45, 7) is 4.00. The van der Waals surface area contributed by atoms with Crippen molar-refractivity contribution >= 4 is 11.0 Å². The molecule has 96 valence electrons. The number of nitrogens with zero attached hydrogens (tertiary/aromatic N) is 2. The van der Waals surface area contributed by atoms with Gasteiger partial charge in [-0.05, 0) is 29.8 Å². The largest absolute Gasteiger partial charge is 0.255 e. The number of aromatic nitrogens is 2. The molecule has 0 spiro atoms. The Morgan fingerprint density at radius 1 is 0.947 bits per heavy atom. The Bertz CT molecular complexity index is 681. The molecule has 2 heterocycles. The predicted octanol–water partition coefficient (Wildman–Crippen LogP) is 4.25. The molecule has 3 rings (SSSR count). The van der Waals surface area contributed by atoms with Gasteiger partial charge >= 0.3 is 0 Å². The fraction of sp³-hybridized carbons (Fsp3) is 0.176. The molecule has 0 N–H and O–H groups in total. The van der Waals surface area contributed by atoms with Gasteiger partial charge in [0.1, 0.15) is 0 Å². The molecule has 1 aromatic carbocycles. The second-order valence-corrected chi connectivity index (χ2v) is 3.94. The third-order valence-corrected chi connectivity index (χ3v) is 2.69. The molecular weight excluding hydrogens is 232 g/mol. The van der Waals surface area contributed by atoms with Gasteiger partial charge in [-0.1, -0.05) is 44.2 Å². The summed E-state index contributed by atoms with van der Waals surface area (Å²) < 4.78 is 7.57. The molecule has 0 unspecified atom stereocenters. The van der Waals surface area contributed by atoms with Crippen LogP contribution >= 0.6 is 0 Å². The minimum absolute atomic E-state index is 0.395. The van der Waals surface area contributed by atoms with E-state index in [0.717, 1.165) is 23.1 Å². The summed E-state index contributed by atoms with van der Waals surface area (Å²) in [5, 5.41) is 0. The van der Waals surface area contributed by atoms with Gasteiger partial charge in [-0.2, -0.15) is 0 Å². The number of benzene rings is 1. The summed E-state index contributed by atoms with van der Waals surface area (Å²) in [6.07, 6.45) is 2.35. The molecule has 0 aliphatic heterocycles. The maximum atomic E-state index is 7.57. The predicted molar refractivity (Wildman–Crippen MR) is 80.1 cm³/mol. The van der Waals surface area contributed by atoms with Crippen LogP contribution in [0.15, 0.2) is 60.8 Å². The van der Waals surface area contributed by atoms with Crippen molar-refractivity contribution < 1.29 is 1.37 Å². The van der Waals surface area contributed by atoms with Gasteiger partial charge in [0.05, 0.1) is 12.4 Å². The van der Waals surface area contributed by atoms with Gasteiger partial charge in [0.25, 0.3) is 0 Å². The third kappa shape index (κ3) is 3.38. The van der Waals surface area contributed by atoms with E-state index >= 15 is 0 Å². The average Bonchev–Trinajstić information content (AvgIpc) is 2.50. The lowest BCUT2D eigenvalue weighted by Gasteiger charge is -2.02. The highest BCUT2D eigenvalue weighted by molar-refractivity contribution is 5.73. The van der Waals surface area contributed by atoms with Crippen LogP contribution in [0.25, 0.3) is 11.0 Å². The minimum Gasteiger partial charge on any atom is -0.255 e. The Labute approximate surface area is 115 Å². The lowest BCUT2D eigenvalue weighted by molar-refractivity contribution is 1.10. The van der Waals surface area contributed by atoms with Crippen molar-refractivity contribution in [3.63, 3.8) is 0 Å². The zero-order valence-corrected chi connectivity index (χ0v) is 11.3. The minimum atomic E-state index is 0.395. The quantitative estimate of drug-likeness (QED) is 0.680. The van der Waals surface area contributed by atoms with E-state index in [0.29, 0.717) is 6.04 Å². The maximum absolute atomic E-state index is 7.57. The van der Waals surface area contributed by atoms with E-state index in [1.165, 1.54) is 5.56 Å². The first-order chi connectivity index (χ1) is 9.81. The van der Waals surface area contributed by atoms with Crippen LogP contribution in [0, 0.1) is 0 Å². The van der Waals surface area contributed by atoms with Crippen molar-refractivity contribution in [2.45, 2.75) is 20.3 Å². The number of hydrogen-bond acceptors (Lipinski definition) is 2. The van der Waals surface area contributed by atoms with Crippen LogP contribution in [-0.4, -0.2) is 9.97 Å². The Kier molecular flexibility index (Phi) is 4.14. The normalized spacial score (nSPS) is 10.5. The first-order valence-electron chi connectivity index (χ1n) is 7.07. The Morgan fingerprint density at radius 2 is 1.74 bits per heavy atom. The van der Waals surface area contributed by atoms with Crippen LogP contribution in [0.5, 0.6) is 0 Å². The first-order valence-corrected chi connectivity index (χ1v) is 6.57. The monoisotopic (exact) mass is 251 g/mol. The highest BCUT2D eigenvalue weighted by atomic mass is 14.8. The summed E-state index contributed by atoms with van der Waals surface area (Å²) in [5.41, 5.74) is 3.86. The highest BCUT2D eigenvalue weighted by Crippen LogP contribution is 2.12. The van der Waals surface area contributed by atoms with Gasteiger partial charge in [0, 0.05) is 18.3 Å². The third-order valence-electron chi connectivity index (χ3n) is 2.69. The Morgan fingerprint density at radius 3 is 2.53 bits per heavy atom. The van der Waals surface area contributed by atoms with Crippen molar-refractivity contribution in [2.75, 3.05) is 0 Å². The molecule has 0 atom stereocenters. The molecule has 0 fully saturated rings. The number of rotatable bonds is 2. The van der Waals surface area contributed by atoms with E-state index in [9.17, 15) is 0 Å². The fourth-order valence-electron chi connectivity index (χ4n) is 1.85. The SMILES string of the molecule is CC.[2H]c1cnc2ccc(Cc3ccccc3)nc2c1. The van der Waals surface area contributed by atoms with E-state index in [2.05, 4.69) is 22.1 Å². The number of fused-ring (bicyclic) bond motifs is 1. The van der Waals surface area contributed by atoms with Crippen molar-refractivity contribution in [2.24, 2.45) is 0 Å². The van der Waals surface area contributed by atoms with Crippen molar-refractivity contribution in [1.29, 1.82) is 0 Å². The molecule has 2 nitrogen and oxygen atoms in total. The topological polar surface area (TPSA) is 25.8 Å². The zero-order chi connectivity index (χ0) is 14.4. The maximum Gasteiger partial charge on any atom is 0.0890 e. The zero-order valence-electron chi connectivity index (χ0n) is 12.3. The molecule has 0 radical (unpaired) electrons. The molecule has 3 aromatic rings. The average molecular weight is 251 g/mol. The summed E-state index contributed by atoms with van der Waals surface area (Å²) >= 11 is 0. The van der Waals surface area contributed by atoms with E-state index in [4.69, 9.17) is 1.37 Å². The number of pyridine rings is 2. The van der Waals surface area contributed by atoms with Gasteiger partial charge in [0.2, 0.25) is 0 Å². The van der Waals surface area contributed by atoms with Crippen LogP contribution < -0.4 is 0 Å². The first kappa shape index (κ1) is 11.8. The lowest BCUT2D eigenvalue weighted by Crippen LogP contribution is -1.93. The van der Waals surface area contributed by atoms with Crippen LogP contribution in [0.4, 0.5) is 0 Å². The van der Waals surface area contributed by atoms with Gasteiger partial charge in [0.15, 0.2) is 0 Å². The molecule has 0 aliphatic carbocycles. The summed E-state index contributed by atoms with van der Waals surface area (Å²) in [7, 11) is 0. The second kappa shape index (κ2) is 6.64. The summed E-state index contributed by atoms with van der Waals surface area (Å²) in [5.74, 6) is 0. The molecule has 2 heteroatoms. The van der Waals surface area contributed by atoms with E-state index in [1.54, 1.807) is 12.3 Å². The van der Waals surface area contributed by atoms with E-state index in [1.807, 2.05) is 44.2 Å². The van der Waals surface area contributed by atoms with Gasteiger partial charge in [-0.3, -0.25) is 9.97 Å². The van der Waals surface area contributed by atoms with Gasteiger partial charge in [-0.25, -0.2) is 0 Å². The Hall–Kier alpha value is -2.22. The van der Waals surface area contributed by atoms with Gasteiger partial charge in [-0.15, -0.1) is 0 Å². The van der Waals surface area contributed by atoms with Crippen LogP contribution in [0.2, 0.25) is 0 Å². The standard InChI is InChI=1S/C15H12N2.C2H6/c1-2-5-12(6-3-1)11-13-8-9-14-15(17-13)7-4-10-16-14;1-2/h1-10H,11H2;1-2H3/i4D;. The molecule has 0 saturated heterocycles. The molecule has 0 bridgehead atoms. The molecule has 19 heavy (non-hydrogen) atoms. The van der Waals surface area contributed by atoms with E-state index < -0.39 is 0 Å². The van der Waals surface area contributed by atoms with Crippen molar-refractivity contribution in [3.05, 3.63) is 72.0 Å². The van der Waals surface area contributed by atoms with Crippen molar-refractivity contribution in [1.82, 2.24) is 9.97 Å². The van der Waals surface area contributed by atoms with E-state index in [-0.39, 0.29) is 0 Å². The smallest absolute Gasteiger partial charge is 0.0890 e. The Balaban J connectivity index is 0.000000704. The molecular formula is C17H18N2. The second-order valence-electron chi connectivity index (χ2n) is 3.94. The van der Waals surface area contributed by atoms with Crippen LogP contribution in [0.1, 0.15) is 26.5 Å².